The van der Waals surface area contributed by atoms with Gasteiger partial charge >= 0.3 is 18.4 Å². The number of alkyl halides is 6. The van der Waals surface area contributed by atoms with Crippen LogP contribution in [-0.2, 0) is 17.1 Å². The molecular formula is C20H18F6N6O3. The van der Waals surface area contributed by atoms with E-state index in [0.717, 1.165) is 27.0 Å². The third-order valence-electron chi connectivity index (χ3n) is 5.53. The quantitative estimate of drug-likeness (QED) is 0.382. The number of hydrogen-bond acceptors (Lipinski definition) is 6. The zero-order valence-corrected chi connectivity index (χ0v) is 18.0. The maximum Gasteiger partial charge on any atom is 0.416 e. The number of halogens is 6. The molecule has 15 heteroatoms. The topological polar surface area (TPSA) is 94.8 Å². The molecular weight excluding hydrogens is 486 g/mol. The highest BCUT2D eigenvalue weighted by molar-refractivity contribution is 6.13. The molecule has 0 saturated carbocycles. The summed E-state index contributed by atoms with van der Waals surface area (Å²) in [5, 5.41) is 13.2. The van der Waals surface area contributed by atoms with E-state index in [0.29, 0.717) is 31.8 Å². The van der Waals surface area contributed by atoms with E-state index in [4.69, 9.17) is 0 Å². The Morgan fingerprint density at radius 2 is 1.63 bits per heavy atom. The largest absolute Gasteiger partial charge is 0.416 e. The Morgan fingerprint density at radius 3 is 2.17 bits per heavy atom. The van der Waals surface area contributed by atoms with E-state index >= 15 is 0 Å². The Bertz CT molecular complexity index is 1150. The van der Waals surface area contributed by atoms with E-state index in [-0.39, 0.29) is 18.3 Å². The highest BCUT2D eigenvalue weighted by atomic mass is 19.4. The fraction of sp³-hybridized carbons (Fsp3) is 0.400. The molecule has 0 radical (unpaired) electrons. The average Bonchev–Trinajstić information content (AvgIpc) is 3.29. The Morgan fingerprint density at radius 1 is 1.03 bits per heavy atom. The van der Waals surface area contributed by atoms with Gasteiger partial charge in [-0.05, 0) is 18.2 Å². The maximum atomic E-state index is 13.1. The van der Waals surface area contributed by atoms with Gasteiger partial charge in [0, 0.05) is 38.8 Å². The number of nitrogens with zero attached hydrogens (tertiary/aromatic N) is 6. The molecule has 1 N–H and O–H groups in total. The zero-order valence-electron chi connectivity index (χ0n) is 18.0. The maximum absolute atomic E-state index is 13.1. The van der Waals surface area contributed by atoms with Crippen molar-refractivity contribution in [3.63, 3.8) is 0 Å². The predicted molar refractivity (Wildman–Crippen MR) is 107 cm³/mol. The van der Waals surface area contributed by atoms with Gasteiger partial charge in [0.2, 0.25) is 0 Å². The van der Waals surface area contributed by atoms with Gasteiger partial charge in [0.25, 0.3) is 5.91 Å². The number of carbonyl (C=O) groups excluding carboxylic acids is 2. The van der Waals surface area contributed by atoms with Crippen molar-refractivity contribution in [1.82, 2.24) is 29.5 Å². The summed E-state index contributed by atoms with van der Waals surface area (Å²) in [6.45, 7) is 1.30. The first-order valence-corrected chi connectivity index (χ1v) is 10.2. The molecule has 2 saturated heterocycles. The Hall–Kier alpha value is -3.46. The summed E-state index contributed by atoms with van der Waals surface area (Å²) < 4.78 is 79.7. The monoisotopic (exact) mass is 504 g/mol. The average molecular weight is 504 g/mol. The molecule has 0 aliphatic carbocycles. The van der Waals surface area contributed by atoms with Crippen molar-refractivity contribution >= 4 is 18.1 Å². The van der Waals surface area contributed by atoms with Crippen LogP contribution in [0, 0.1) is 0 Å². The number of aliphatic hydroxyl groups is 1. The van der Waals surface area contributed by atoms with Gasteiger partial charge in [-0.1, -0.05) is 0 Å². The van der Waals surface area contributed by atoms with Crippen LogP contribution >= 0.6 is 0 Å². The highest BCUT2D eigenvalue weighted by Gasteiger charge is 2.40. The zero-order chi connectivity index (χ0) is 25.7. The number of carbonyl (C=O) groups is 2. The van der Waals surface area contributed by atoms with E-state index < -0.39 is 52.9 Å². The van der Waals surface area contributed by atoms with Crippen LogP contribution in [0.5, 0.6) is 0 Å². The number of likely N-dealkylation sites (tertiary alicyclic amines) is 1. The first-order chi connectivity index (χ1) is 16.2. The number of rotatable bonds is 5. The SMILES string of the molecule is CN1C(=O)N(CCN2CC(O)C2)C(=O)/C1=C/n1cnc(-c2cc(C(F)(F)F)cc(C(F)(F)F)c2)n1. The third-order valence-corrected chi connectivity index (χ3v) is 5.53. The van der Waals surface area contributed by atoms with Crippen molar-refractivity contribution in [2.24, 2.45) is 0 Å². The summed E-state index contributed by atoms with van der Waals surface area (Å²) in [6, 6.07) is 0.366. The van der Waals surface area contributed by atoms with Crippen molar-refractivity contribution in [2.75, 3.05) is 33.2 Å². The molecule has 9 nitrogen and oxygen atoms in total. The smallest absolute Gasteiger partial charge is 0.390 e. The van der Waals surface area contributed by atoms with Crippen LogP contribution < -0.4 is 0 Å². The Balaban J connectivity index is 1.58. The second kappa shape index (κ2) is 8.64. The van der Waals surface area contributed by atoms with Crippen LogP contribution in [-0.4, -0.2) is 85.8 Å². The van der Waals surface area contributed by atoms with Gasteiger partial charge in [0.1, 0.15) is 12.0 Å². The minimum Gasteiger partial charge on any atom is -0.390 e. The molecule has 35 heavy (non-hydrogen) atoms. The van der Waals surface area contributed by atoms with E-state index in [9.17, 15) is 41.0 Å². The van der Waals surface area contributed by atoms with E-state index in [1.165, 1.54) is 7.05 Å². The molecule has 0 spiro atoms. The number of urea groups is 1. The Labute approximate surface area is 193 Å². The standard InChI is InChI=1S/C20H18F6N6O3/c1-29-15(17(34)32(18(29)35)3-2-30-7-14(33)8-30)9-31-10-27-16(28-31)11-4-12(19(21,22)23)6-13(5-11)20(24,25)26/h4-6,9-10,14,33H,2-3,7-8H2,1H3/b15-9-. The molecule has 3 amide bonds. The molecule has 2 aliphatic heterocycles. The molecule has 2 aliphatic rings. The lowest BCUT2D eigenvalue weighted by Crippen LogP contribution is -2.53. The van der Waals surface area contributed by atoms with Gasteiger partial charge in [-0.3, -0.25) is 19.5 Å². The van der Waals surface area contributed by atoms with Crippen molar-refractivity contribution in [2.45, 2.75) is 18.5 Å². The molecule has 2 fully saturated rings. The minimum atomic E-state index is -5.03. The highest BCUT2D eigenvalue weighted by Crippen LogP contribution is 2.38. The van der Waals surface area contributed by atoms with Gasteiger partial charge in [-0.2, -0.15) is 26.3 Å². The lowest BCUT2D eigenvalue weighted by molar-refractivity contribution is -0.143. The van der Waals surface area contributed by atoms with Crippen LogP contribution in [0.3, 0.4) is 0 Å². The summed E-state index contributed by atoms with van der Waals surface area (Å²) in [7, 11) is 1.33. The molecule has 4 rings (SSSR count). The molecule has 2 aromatic rings. The molecule has 1 aromatic carbocycles. The number of β-amino-alcohol motifs (C(OH)–C–C–N with tert-alkyl or cyclic N) is 1. The molecule has 0 bridgehead atoms. The van der Waals surface area contributed by atoms with Crippen molar-refractivity contribution < 1.29 is 41.0 Å². The molecule has 3 heterocycles. The van der Waals surface area contributed by atoms with Gasteiger partial charge in [0.05, 0.1) is 23.4 Å². The molecule has 188 valence electrons. The fourth-order valence-electron chi connectivity index (χ4n) is 3.64. The number of benzene rings is 1. The summed E-state index contributed by atoms with van der Waals surface area (Å²) in [5.41, 5.74) is -3.67. The number of hydrogen-bond donors (Lipinski definition) is 1. The Kier molecular flexibility index (Phi) is 6.09. The van der Waals surface area contributed by atoms with Crippen LogP contribution in [0.25, 0.3) is 17.6 Å². The van der Waals surface area contributed by atoms with Gasteiger partial charge in [0.15, 0.2) is 5.82 Å². The lowest BCUT2D eigenvalue weighted by atomic mass is 10.0. The molecule has 1 aromatic heterocycles. The van der Waals surface area contributed by atoms with Crippen LogP contribution in [0.4, 0.5) is 31.1 Å². The summed E-state index contributed by atoms with van der Waals surface area (Å²) >= 11 is 0. The van der Waals surface area contributed by atoms with Gasteiger partial charge in [-0.25, -0.2) is 14.5 Å². The fourth-order valence-corrected chi connectivity index (χ4v) is 3.64. The number of amides is 3. The summed E-state index contributed by atoms with van der Waals surface area (Å²) in [4.78, 5) is 32.8. The van der Waals surface area contributed by atoms with Gasteiger partial charge < -0.3 is 5.11 Å². The predicted octanol–water partition coefficient (Wildman–Crippen LogP) is 2.35. The van der Waals surface area contributed by atoms with E-state index in [2.05, 4.69) is 10.1 Å². The first-order valence-electron chi connectivity index (χ1n) is 10.2. The minimum absolute atomic E-state index is 0.00426. The van der Waals surface area contributed by atoms with Crippen molar-refractivity contribution in [1.29, 1.82) is 0 Å². The van der Waals surface area contributed by atoms with E-state index in [1.807, 2.05) is 4.90 Å². The second-order valence-corrected chi connectivity index (χ2v) is 8.07. The van der Waals surface area contributed by atoms with Crippen LogP contribution in [0.15, 0.2) is 30.2 Å². The number of imide groups is 1. The normalized spacial score (nSPS) is 19.3. The van der Waals surface area contributed by atoms with E-state index in [1.54, 1.807) is 0 Å². The van der Waals surface area contributed by atoms with Crippen LogP contribution in [0.1, 0.15) is 11.1 Å². The van der Waals surface area contributed by atoms with Crippen LogP contribution in [0.2, 0.25) is 0 Å². The third kappa shape index (κ3) is 5.00. The lowest BCUT2D eigenvalue weighted by Gasteiger charge is -2.36. The first kappa shape index (κ1) is 24.7. The summed E-state index contributed by atoms with van der Waals surface area (Å²) in [6.07, 6.45) is -8.41. The van der Waals surface area contributed by atoms with Crippen molar-refractivity contribution in [3.05, 3.63) is 41.4 Å². The molecule has 0 unspecified atom stereocenters. The number of aromatic nitrogens is 3. The second-order valence-electron chi connectivity index (χ2n) is 8.07. The van der Waals surface area contributed by atoms with Gasteiger partial charge in [-0.15, -0.1) is 5.10 Å². The number of likely N-dealkylation sites (N-methyl/N-ethyl adjacent to an activating group) is 1. The van der Waals surface area contributed by atoms with Crippen molar-refractivity contribution in [3.8, 4) is 11.4 Å². The molecule has 0 atom stereocenters. The summed E-state index contributed by atoms with van der Waals surface area (Å²) in [5.74, 6) is -1.10. The number of aliphatic hydroxyl groups excluding tert-OH is 1.